The first-order chi connectivity index (χ1) is 13.3. The Hall–Kier alpha value is -3.31. The van der Waals surface area contributed by atoms with Gasteiger partial charge in [0.2, 0.25) is 5.95 Å². The van der Waals surface area contributed by atoms with E-state index in [4.69, 9.17) is 10.2 Å². The Balaban J connectivity index is 2.13. The highest BCUT2D eigenvalue weighted by Gasteiger charge is 2.20. The van der Waals surface area contributed by atoms with Crippen molar-refractivity contribution in [3.63, 3.8) is 0 Å². The number of aliphatic carboxylic acids is 2. The smallest absolute Gasteiger partial charge is 0.326 e. The summed E-state index contributed by atoms with van der Waals surface area (Å²) in [5.74, 6) is -3.69. The molecule has 11 nitrogen and oxygen atoms in total. The van der Waals surface area contributed by atoms with E-state index >= 15 is 0 Å². The van der Waals surface area contributed by atoms with Crippen molar-refractivity contribution < 1.29 is 33.8 Å². The Morgan fingerprint density at radius 3 is 2.25 bits per heavy atom. The Morgan fingerprint density at radius 2 is 1.68 bits per heavy atom. The third-order valence-electron chi connectivity index (χ3n) is 3.53. The van der Waals surface area contributed by atoms with Gasteiger partial charge < -0.3 is 26.2 Å². The maximum Gasteiger partial charge on any atom is 0.326 e. The summed E-state index contributed by atoms with van der Waals surface area (Å²) >= 11 is 0. The first-order valence-electron chi connectivity index (χ1n) is 8.54. The van der Waals surface area contributed by atoms with Gasteiger partial charge in [0.05, 0.1) is 12.4 Å². The quantitative estimate of drug-likeness (QED) is 0.309. The van der Waals surface area contributed by atoms with Crippen LogP contribution in [0.15, 0.2) is 12.4 Å². The minimum absolute atomic E-state index is 0.00983. The lowest BCUT2D eigenvalue weighted by Gasteiger charge is -2.14. The van der Waals surface area contributed by atoms with E-state index in [2.05, 4.69) is 25.9 Å². The molecule has 0 fully saturated rings. The molecule has 154 valence electrons. The number of nitrogens with one attached hydrogen (secondary N) is 3. The van der Waals surface area contributed by atoms with E-state index < -0.39 is 35.9 Å². The van der Waals surface area contributed by atoms with Crippen molar-refractivity contribution in [1.29, 1.82) is 0 Å². The highest BCUT2D eigenvalue weighted by molar-refractivity contribution is 5.91. The normalized spacial score (nSPS) is 11.3. The van der Waals surface area contributed by atoms with Gasteiger partial charge in [-0.3, -0.25) is 9.59 Å². The summed E-state index contributed by atoms with van der Waals surface area (Å²) in [6.07, 6.45) is 3.20. The molecule has 1 atom stereocenters. The molecule has 0 unspecified atom stereocenters. The summed E-state index contributed by atoms with van der Waals surface area (Å²) in [6.45, 7) is 0.648. The van der Waals surface area contributed by atoms with E-state index in [0.717, 1.165) is 12.4 Å². The first kappa shape index (κ1) is 22.7. The number of nitrogens with zero attached hydrogens (tertiary/aromatic N) is 2. The summed E-state index contributed by atoms with van der Waals surface area (Å²) in [4.78, 5) is 51.7. The van der Waals surface area contributed by atoms with Gasteiger partial charge in [-0.2, -0.15) is 4.39 Å². The standard InChI is InChI=1S/C16H22FN5O6/c17-12-9-20-11(8-21-12)14(25)18-6-2-1-3-7-19-16(28)22-10(15(26)27)4-5-13(23)24/h8-10H,1-7H2,(H,18,25)(H,23,24)(H,26,27)(H2,19,22,28)/t10-/m0/s1/i17-1. The third-order valence-corrected chi connectivity index (χ3v) is 3.53. The van der Waals surface area contributed by atoms with E-state index in [-0.39, 0.29) is 25.1 Å². The molecule has 0 bridgehead atoms. The van der Waals surface area contributed by atoms with Crippen LogP contribution in [0.1, 0.15) is 42.6 Å². The number of aromatic nitrogens is 2. The molecule has 0 spiro atoms. The molecule has 0 saturated heterocycles. The lowest BCUT2D eigenvalue weighted by molar-refractivity contribution is -0.140. The van der Waals surface area contributed by atoms with Crippen molar-refractivity contribution in [3.8, 4) is 0 Å². The van der Waals surface area contributed by atoms with Crippen LogP contribution in [0.2, 0.25) is 0 Å². The molecule has 0 aromatic carbocycles. The van der Waals surface area contributed by atoms with Gasteiger partial charge in [-0.1, -0.05) is 0 Å². The number of hydrogen-bond acceptors (Lipinski definition) is 6. The lowest BCUT2D eigenvalue weighted by Crippen LogP contribution is -2.46. The molecule has 1 aromatic rings. The number of halogens is 1. The number of unbranched alkanes of at least 4 members (excludes halogenated alkanes) is 2. The molecule has 0 aliphatic rings. The Kier molecular flexibility index (Phi) is 9.86. The van der Waals surface area contributed by atoms with E-state index in [0.29, 0.717) is 25.8 Å². The van der Waals surface area contributed by atoms with Crippen molar-refractivity contribution in [2.24, 2.45) is 0 Å². The van der Waals surface area contributed by atoms with Gasteiger partial charge in [0.25, 0.3) is 5.91 Å². The summed E-state index contributed by atoms with van der Waals surface area (Å²) in [5, 5.41) is 24.8. The van der Waals surface area contributed by atoms with Crippen molar-refractivity contribution >= 4 is 23.9 Å². The van der Waals surface area contributed by atoms with Crippen LogP contribution in [0.4, 0.5) is 9.18 Å². The summed E-state index contributed by atoms with van der Waals surface area (Å²) in [5.41, 5.74) is 0.00983. The highest BCUT2D eigenvalue weighted by atomic mass is 18.2. The van der Waals surface area contributed by atoms with Crippen molar-refractivity contribution in [1.82, 2.24) is 25.9 Å². The molecule has 0 radical (unpaired) electrons. The average Bonchev–Trinajstić information content (AvgIpc) is 2.64. The van der Waals surface area contributed by atoms with Gasteiger partial charge in [-0.15, -0.1) is 0 Å². The molecule has 0 aliphatic carbocycles. The van der Waals surface area contributed by atoms with Crippen LogP contribution >= 0.6 is 0 Å². The number of carboxylic acid groups (broad SMARTS) is 2. The zero-order valence-corrected chi connectivity index (χ0v) is 15.0. The number of carbonyl (C=O) groups excluding carboxylic acids is 2. The minimum atomic E-state index is -1.31. The van der Waals surface area contributed by atoms with E-state index in [9.17, 15) is 23.6 Å². The number of hydrogen-bond donors (Lipinski definition) is 5. The van der Waals surface area contributed by atoms with Gasteiger partial charge in [-0.25, -0.2) is 19.6 Å². The van der Waals surface area contributed by atoms with Crippen LogP contribution in [-0.2, 0) is 9.59 Å². The lowest BCUT2D eigenvalue weighted by atomic mass is 10.1. The molecule has 1 rings (SSSR count). The summed E-state index contributed by atoms with van der Waals surface area (Å²) in [6, 6.07) is -1.97. The predicted molar refractivity (Wildman–Crippen MR) is 93.0 cm³/mol. The topological polar surface area (TPSA) is 171 Å². The molecule has 1 heterocycles. The zero-order valence-electron chi connectivity index (χ0n) is 15.0. The summed E-state index contributed by atoms with van der Waals surface area (Å²) < 4.78 is 12.6. The fourth-order valence-corrected chi connectivity index (χ4v) is 2.09. The van der Waals surface area contributed by atoms with Crippen LogP contribution in [-0.4, -0.2) is 63.2 Å². The molecule has 3 amide bonds. The van der Waals surface area contributed by atoms with Crippen LogP contribution in [0.5, 0.6) is 0 Å². The minimum Gasteiger partial charge on any atom is -0.481 e. The molecule has 1 aromatic heterocycles. The maximum absolute atomic E-state index is 12.6. The molecular weight excluding hydrogens is 376 g/mol. The number of amides is 3. The number of carboxylic acids is 2. The highest BCUT2D eigenvalue weighted by Crippen LogP contribution is 1.99. The number of urea groups is 1. The Bertz CT molecular complexity index is 685. The first-order valence-corrected chi connectivity index (χ1v) is 8.54. The van der Waals surface area contributed by atoms with Crippen molar-refractivity contribution in [2.75, 3.05) is 13.1 Å². The second-order valence-electron chi connectivity index (χ2n) is 5.76. The largest absolute Gasteiger partial charge is 0.481 e. The van der Waals surface area contributed by atoms with Gasteiger partial charge in [0.1, 0.15) is 11.7 Å². The summed E-state index contributed by atoms with van der Waals surface area (Å²) in [7, 11) is 0. The third kappa shape index (κ3) is 9.40. The van der Waals surface area contributed by atoms with Gasteiger partial charge in [-0.05, 0) is 25.7 Å². The number of rotatable bonds is 12. The average molecular weight is 398 g/mol. The Labute approximate surface area is 159 Å². The fourth-order valence-electron chi connectivity index (χ4n) is 2.09. The van der Waals surface area contributed by atoms with Gasteiger partial charge in [0.15, 0.2) is 0 Å². The molecule has 0 aliphatic heterocycles. The number of carbonyl (C=O) groups is 4. The van der Waals surface area contributed by atoms with Gasteiger partial charge in [0, 0.05) is 19.5 Å². The van der Waals surface area contributed by atoms with Crippen LogP contribution in [0.25, 0.3) is 0 Å². The van der Waals surface area contributed by atoms with E-state index in [1.54, 1.807) is 0 Å². The molecular formula is C16H22FN5O6. The molecule has 28 heavy (non-hydrogen) atoms. The van der Waals surface area contributed by atoms with Crippen LogP contribution in [0.3, 0.4) is 0 Å². The van der Waals surface area contributed by atoms with Crippen LogP contribution in [0, 0.1) is 5.95 Å². The van der Waals surface area contributed by atoms with E-state index in [1.807, 2.05) is 0 Å². The second-order valence-corrected chi connectivity index (χ2v) is 5.76. The van der Waals surface area contributed by atoms with Crippen molar-refractivity contribution in [2.45, 2.75) is 38.1 Å². The molecule has 12 heteroatoms. The van der Waals surface area contributed by atoms with Crippen molar-refractivity contribution in [3.05, 3.63) is 24.0 Å². The predicted octanol–water partition coefficient (Wildman–Crippen LogP) is 0.133. The maximum atomic E-state index is 12.6. The molecule has 5 N–H and O–H groups in total. The van der Waals surface area contributed by atoms with E-state index in [1.165, 1.54) is 0 Å². The monoisotopic (exact) mass is 398 g/mol. The van der Waals surface area contributed by atoms with Crippen LogP contribution < -0.4 is 16.0 Å². The second kappa shape index (κ2) is 12.1. The SMILES string of the molecule is O=C(O)CC[C@H](NC(=O)NCCCCCNC(=O)c1cnc([18F])cn1)C(=O)O. The Morgan fingerprint density at radius 1 is 1.00 bits per heavy atom. The molecule has 0 saturated carbocycles. The fraction of sp³-hybridized carbons (Fsp3) is 0.500. The van der Waals surface area contributed by atoms with Gasteiger partial charge >= 0.3 is 18.0 Å². The zero-order chi connectivity index (χ0) is 20.9.